The normalized spacial score (nSPS) is 22.8. The molecule has 0 aromatic heterocycles. The molecule has 2 nitrogen and oxygen atoms in total. The van der Waals surface area contributed by atoms with Crippen LogP contribution in [0.4, 0.5) is 0 Å². The lowest BCUT2D eigenvalue weighted by Gasteiger charge is -2.26. The van der Waals surface area contributed by atoms with Gasteiger partial charge in [-0.3, -0.25) is 4.79 Å². The van der Waals surface area contributed by atoms with E-state index in [4.69, 9.17) is 0 Å². The van der Waals surface area contributed by atoms with E-state index in [1.807, 2.05) is 11.8 Å². The first-order valence-corrected chi connectivity index (χ1v) is 8.79. The van der Waals surface area contributed by atoms with Crippen LogP contribution >= 0.6 is 11.8 Å². The van der Waals surface area contributed by atoms with Crippen LogP contribution in [0.25, 0.3) is 0 Å². The predicted octanol–water partition coefficient (Wildman–Crippen LogP) is 4.19. The van der Waals surface area contributed by atoms with Crippen LogP contribution in [0.1, 0.15) is 55.6 Å². The fraction of sp³-hybridized carbons (Fsp3) is 0.588. The molecule has 0 radical (unpaired) electrons. The molecule has 1 aromatic rings. The second-order valence-electron chi connectivity index (χ2n) is 6.10. The Bertz CT molecular complexity index is 468. The van der Waals surface area contributed by atoms with E-state index < -0.39 is 11.4 Å². The molecule has 1 saturated heterocycles. The van der Waals surface area contributed by atoms with Crippen LogP contribution in [0.5, 0.6) is 0 Å². The number of benzene rings is 1. The summed E-state index contributed by atoms with van der Waals surface area (Å²) in [5, 5.41) is 9.63. The molecule has 1 heterocycles. The Labute approximate surface area is 125 Å². The maximum Gasteiger partial charge on any atom is 0.314 e. The van der Waals surface area contributed by atoms with Crippen molar-refractivity contribution >= 4 is 17.7 Å². The van der Waals surface area contributed by atoms with E-state index in [0.29, 0.717) is 5.92 Å². The SMILES string of the molecule is O=C(O)C1(c2ccc(C3CCSCC3)cc2)CCCC1. The summed E-state index contributed by atoms with van der Waals surface area (Å²) in [5.41, 5.74) is 1.80. The highest BCUT2D eigenvalue weighted by molar-refractivity contribution is 7.99. The molecule has 1 N–H and O–H groups in total. The molecule has 0 amide bonds. The fourth-order valence-corrected chi connectivity index (χ4v) is 4.82. The van der Waals surface area contributed by atoms with Crippen molar-refractivity contribution in [1.82, 2.24) is 0 Å². The summed E-state index contributed by atoms with van der Waals surface area (Å²) in [6.07, 6.45) is 6.17. The maximum atomic E-state index is 11.7. The smallest absolute Gasteiger partial charge is 0.314 e. The average molecular weight is 290 g/mol. The minimum absolute atomic E-state index is 0.610. The van der Waals surface area contributed by atoms with Gasteiger partial charge in [0, 0.05) is 0 Å². The van der Waals surface area contributed by atoms with Gasteiger partial charge in [0.15, 0.2) is 0 Å². The van der Waals surface area contributed by atoms with Crippen molar-refractivity contribution < 1.29 is 9.90 Å². The van der Waals surface area contributed by atoms with Crippen molar-refractivity contribution in [2.45, 2.75) is 49.9 Å². The number of carboxylic acid groups (broad SMARTS) is 1. The summed E-state index contributed by atoms with van der Waals surface area (Å²) in [5.74, 6) is 2.54. The number of carboxylic acids is 1. The zero-order valence-electron chi connectivity index (χ0n) is 11.8. The molecule has 3 heteroatoms. The van der Waals surface area contributed by atoms with Gasteiger partial charge in [-0.25, -0.2) is 0 Å². The molecule has 2 aliphatic rings. The van der Waals surface area contributed by atoms with Gasteiger partial charge in [0.1, 0.15) is 0 Å². The zero-order valence-corrected chi connectivity index (χ0v) is 12.6. The summed E-state index contributed by atoms with van der Waals surface area (Å²) in [6, 6.07) is 8.52. The predicted molar refractivity (Wildman–Crippen MR) is 83.5 cm³/mol. The van der Waals surface area contributed by atoms with Crippen LogP contribution in [0, 0.1) is 0 Å². The van der Waals surface area contributed by atoms with E-state index in [1.54, 1.807) is 0 Å². The minimum atomic E-state index is -0.642. The monoisotopic (exact) mass is 290 g/mol. The second-order valence-corrected chi connectivity index (χ2v) is 7.33. The fourth-order valence-electron chi connectivity index (χ4n) is 3.71. The molecular weight excluding hydrogens is 268 g/mol. The topological polar surface area (TPSA) is 37.3 Å². The zero-order chi connectivity index (χ0) is 14.0. The third-order valence-corrected chi connectivity index (χ3v) is 6.07. The molecule has 2 fully saturated rings. The number of rotatable bonds is 3. The van der Waals surface area contributed by atoms with Crippen LogP contribution in [-0.4, -0.2) is 22.6 Å². The third kappa shape index (κ3) is 2.48. The van der Waals surface area contributed by atoms with Crippen molar-refractivity contribution in [2.75, 3.05) is 11.5 Å². The van der Waals surface area contributed by atoms with E-state index in [9.17, 15) is 9.90 Å². The Hall–Kier alpha value is -0.960. The van der Waals surface area contributed by atoms with Gasteiger partial charge in [-0.05, 0) is 54.2 Å². The summed E-state index contributed by atoms with van der Waals surface area (Å²) in [7, 11) is 0. The Morgan fingerprint density at radius 1 is 1.10 bits per heavy atom. The third-order valence-electron chi connectivity index (χ3n) is 5.02. The van der Waals surface area contributed by atoms with E-state index >= 15 is 0 Å². The van der Waals surface area contributed by atoms with Crippen molar-refractivity contribution in [3.05, 3.63) is 35.4 Å². The summed E-state index contributed by atoms with van der Waals surface area (Å²) in [4.78, 5) is 11.7. The van der Waals surface area contributed by atoms with E-state index in [0.717, 1.165) is 31.2 Å². The Kier molecular flexibility index (Phi) is 4.06. The molecule has 0 atom stereocenters. The maximum absolute atomic E-state index is 11.7. The van der Waals surface area contributed by atoms with Crippen molar-refractivity contribution in [3.8, 4) is 0 Å². The standard InChI is InChI=1S/C17H22O2S/c18-16(19)17(9-1-2-10-17)15-5-3-13(4-6-15)14-7-11-20-12-8-14/h3-6,14H,1-2,7-12H2,(H,18,19). The van der Waals surface area contributed by atoms with E-state index in [-0.39, 0.29) is 0 Å². The number of carbonyl (C=O) groups is 1. The minimum Gasteiger partial charge on any atom is -0.481 e. The van der Waals surface area contributed by atoms with Crippen LogP contribution in [0.3, 0.4) is 0 Å². The highest BCUT2D eigenvalue weighted by Gasteiger charge is 2.42. The first-order valence-electron chi connectivity index (χ1n) is 7.64. The first-order chi connectivity index (χ1) is 9.72. The van der Waals surface area contributed by atoms with Crippen molar-refractivity contribution in [1.29, 1.82) is 0 Å². The molecule has 0 unspecified atom stereocenters. The van der Waals surface area contributed by atoms with Gasteiger partial charge in [-0.1, -0.05) is 37.1 Å². The Balaban J connectivity index is 1.83. The van der Waals surface area contributed by atoms with Crippen LogP contribution < -0.4 is 0 Å². The lowest BCUT2D eigenvalue weighted by Crippen LogP contribution is -2.32. The molecule has 0 spiro atoms. The molecule has 3 rings (SSSR count). The van der Waals surface area contributed by atoms with Gasteiger partial charge < -0.3 is 5.11 Å². The Morgan fingerprint density at radius 3 is 2.25 bits per heavy atom. The lowest BCUT2D eigenvalue weighted by atomic mass is 9.78. The number of hydrogen-bond donors (Lipinski definition) is 1. The highest BCUT2D eigenvalue weighted by atomic mass is 32.2. The summed E-state index contributed by atoms with van der Waals surface area (Å²) < 4.78 is 0. The number of hydrogen-bond acceptors (Lipinski definition) is 2. The number of thioether (sulfide) groups is 1. The number of aliphatic carboxylic acids is 1. The average Bonchev–Trinajstić information content (AvgIpc) is 2.99. The summed E-state index contributed by atoms with van der Waals surface area (Å²) in [6.45, 7) is 0. The van der Waals surface area contributed by atoms with Crippen LogP contribution in [-0.2, 0) is 10.2 Å². The van der Waals surface area contributed by atoms with Crippen LogP contribution in [0.2, 0.25) is 0 Å². The lowest BCUT2D eigenvalue weighted by molar-refractivity contribution is -0.143. The van der Waals surface area contributed by atoms with Gasteiger partial charge >= 0.3 is 5.97 Å². The van der Waals surface area contributed by atoms with Gasteiger partial charge in [0.05, 0.1) is 5.41 Å². The van der Waals surface area contributed by atoms with Crippen molar-refractivity contribution in [3.63, 3.8) is 0 Å². The molecule has 20 heavy (non-hydrogen) atoms. The van der Waals surface area contributed by atoms with E-state index in [1.165, 1.54) is 29.9 Å². The quantitative estimate of drug-likeness (QED) is 0.906. The summed E-state index contributed by atoms with van der Waals surface area (Å²) >= 11 is 2.04. The molecule has 1 aromatic carbocycles. The molecule has 1 aliphatic carbocycles. The molecule has 0 bridgehead atoms. The van der Waals surface area contributed by atoms with Gasteiger partial charge in [-0.15, -0.1) is 0 Å². The van der Waals surface area contributed by atoms with E-state index in [2.05, 4.69) is 24.3 Å². The first kappa shape index (κ1) is 14.0. The van der Waals surface area contributed by atoms with Gasteiger partial charge in [-0.2, -0.15) is 11.8 Å². The van der Waals surface area contributed by atoms with Gasteiger partial charge in [0.25, 0.3) is 0 Å². The van der Waals surface area contributed by atoms with Crippen LogP contribution in [0.15, 0.2) is 24.3 Å². The molecular formula is C17H22O2S. The van der Waals surface area contributed by atoms with Crippen molar-refractivity contribution in [2.24, 2.45) is 0 Å². The highest BCUT2D eigenvalue weighted by Crippen LogP contribution is 2.42. The second kappa shape index (κ2) is 5.80. The largest absolute Gasteiger partial charge is 0.481 e. The molecule has 1 aliphatic heterocycles. The van der Waals surface area contributed by atoms with Gasteiger partial charge in [0.2, 0.25) is 0 Å². The molecule has 108 valence electrons. The molecule has 1 saturated carbocycles. The Morgan fingerprint density at radius 2 is 1.70 bits per heavy atom.